The summed E-state index contributed by atoms with van der Waals surface area (Å²) in [6, 6.07) is 1.87. The number of carbonyl (C=O) groups is 1. The molecule has 1 aromatic heterocycles. The minimum absolute atomic E-state index is 0.394. The fourth-order valence-corrected chi connectivity index (χ4v) is 1.11. The Bertz CT molecular complexity index is 372. The van der Waals surface area contributed by atoms with Crippen LogP contribution in [0.5, 0.6) is 0 Å². The largest absolute Gasteiger partial charge is 0.444 e. The number of hydrogen-bond acceptors (Lipinski definition) is 4. The Balaban J connectivity index is 2.43. The van der Waals surface area contributed by atoms with E-state index in [-0.39, 0.29) is 0 Å². The van der Waals surface area contributed by atoms with Crippen LogP contribution in [0.25, 0.3) is 0 Å². The summed E-state index contributed by atoms with van der Waals surface area (Å²) in [7, 11) is 0. The van der Waals surface area contributed by atoms with E-state index in [0.717, 1.165) is 11.3 Å². The number of ether oxygens (including phenoxy) is 1. The number of aromatic nitrogens is 2. The van der Waals surface area contributed by atoms with Crippen molar-refractivity contribution in [3.8, 4) is 0 Å². The molecule has 5 nitrogen and oxygen atoms in total. The highest BCUT2D eigenvalue weighted by atomic mass is 16.6. The van der Waals surface area contributed by atoms with Gasteiger partial charge in [0.2, 0.25) is 0 Å². The van der Waals surface area contributed by atoms with E-state index in [4.69, 9.17) is 4.74 Å². The molecule has 1 amide bonds. The molecule has 1 aromatic rings. The molecule has 0 aliphatic heterocycles. The summed E-state index contributed by atoms with van der Waals surface area (Å²) in [5.41, 5.74) is 1.25. The summed E-state index contributed by atoms with van der Waals surface area (Å²) in [5, 5.41) is 10.3. The van der Waals surface area contributed by atoms with Crippen LogP contribution in [0.15, 0.2) is 12.3 Å². The molecule has 0 spiro atoms. The average Bonchev–Trinajstić information content (AvgIpc) is 2.12. The van der Waals surface area contributed by atoms with Gasteiger partial charge < -0.3 is 10.1 Å². The Morgan fingerprint density at radius 1 is 1.50 bits per heavy atom. The number of nitrogens with zero attached hydrogens (tertiary/aromatic N) is 2. The van der Waals surface area contributed by atoms with Gasteiger partial charge in [-0.3, -0.25) is 0 Å². The molecule has 5 heteroatoms. The Kier molecular flexibility index (Phi) is 3.82. The van der Waals surface area contributed by atoms with E-state index in [1.165, 1.54) is 0 Å². The number of rotatable bonds is 2. The maximum atomic E-state index is 11.3. The van der Waals surface area contributed by atoms with Crippen molar-refractivity contribution < 1.29 is 9.53 Å². The topological polar surface area (TPSA) is 64.1 Å². The molecular weight excluding hydrogens is 206 g/mol. The van der Waals surface area contributed by atoms with Crippen molar-refractivity contribution in [3.63, 3.8) is 0 Å². The maximum Gasteiger partial charge on any atom is 0.407 e. The smallest absolute Gasteiger partial charge is 0.407 e. The summed E-state index contributed by atoms with van der Waals surface area (Å²) < 4.78 is 5.10. The van der Waals surface area contributed by atoms with Crippen molar-refractivity contribution in [3.05, 3.63) is 23.5 Å². The summed E-state index contributed by atoms with van der Waals surface area (Å²) >= 11 is 0. The van der Waals surface area contributed by atoms with Crippen molar-refractivity contribution in [2.75, 3.05) is 0 Å². The molecule has 0 atom stereocenters. The summed E-state index contributed by atoms with van der Waals surface area (Å²) in [6.45, 7) is 7.72. The first-order valence-electron chi connectivity index (χ1n) is 5.12. The lowest BCUT2D eigenvalue weighted by Gasteiger charge is -2.19. The lowest BCUT2D eigenvalue weighted by atomic mass is 10.2. The SMILES string of the molecule is Cc1cc(CNC(=O)OC(C)(C)C)cnn1. The van der Waals surface area contributed by atoms with Crippen molar-refractivity contribution in [1.82, 2.24) is 15.5 Å². The normalized spacial score (nSPS) is 11.0. The van der Waals surface area contributed by atoms with Gasteiger partial charge in [0, 0.05) is 6.54 Å². The van der Waals surface area contributed by atoms with Crippen LogP contribution in [0.1, 0.15) is 32.0 Å². The zero-order valence-corrected chi connectivity index (χ0v) is 10.1. The second-order valence-corrected chi connectivity index (χ2v) is 4.56. The highest BCUT2D eigenvalue weighted by molar-refractivity contribution is 5.67. The Morgan fingerprint density at radius 3 is 2.75 bits per heavy atom. The molecule has 0 unspecified atom stereocenters. The molecule has 1 heterocycles. The van der Waals surface area contributed by atoms with E-state index in [1.807, 2.05) is 33.8 Å². The lowest BCUT2D eigenvalue weighted by molar-refractivity contribution is 0.0523. The first kappa shape index (κ1) is 12.4. The molecule has 1 N–H and O–H groups in total. The number of nitrogens with one attached hydrogen (secondary N) is 1. The summed E-state index contributed by atoms with van der Waals surface area (Å²) in [5.74, 6) is 0. The number of hydrogen-bond donors (Lipinski definition) is 1. The molecule has 0 saturated heterocycles. The van der Waals surface area contributed by atoms with Crippen molar-refractivity contribution in [1.29, 1.82) is 0 Å². The molecule has 0 aromatic carbocycles. The molecular formula is C11H17N3O2. The fraction of sp³-hybridized carbons (Fsp3) is 0.545. The first-order valence-corrected chi connectivity index (χ1v) is 5.12. The van der Waals surface area contributed by atoms with Gasteiger partial charge >= 0.3 is 6.09 Å². The first-order chi connectivity index (χ1) is 7.37. The molecule has 0 aliphatic rings. The van der Waals surface area contributed by atoms with Gasteiger partial charge in [0.05, 0.1) is 11.9 Å². The zero-order chi connectivity index (χ0) is 12.2. The van der Waals surface area contributed by atoms with Crippen molar-refractivity contribution in [2.24, 2.45) is 0 Å². The van der Waals surface area contributed by atoms with Gasteiger partial charge in [0.15, 0.2) is 0 Å². The van der Waals surface area contributed by atoms with Crippen molar-refractivity contribution in [2.45, 2.75) is 39.8 Å². The van der Waals surface area contributed by atoms with Gasteiger partial charge in [-0.05, 0) is 39.3 Å². The predicted molar refractivity (Wildman–Crippen MR) is 59.8 cm³/mol. The molecule has 0 bridgehead atoms. The lowest BCUT2D eigenvalue weighted by Crippen LogP contribution is -2.32. The number of aryl methyl sites for hydroxylation is 1. The third-order valence-corrected chi connectivity index (χ3v) is 1.67. The van der Waals surface area contributed by atoms with Crippen LogP contribution in [-0.4, -0.2) is 21.9 Å². The van der Waals surface area contributed by atoms with Crippen LogP contribution in [-0.2, 0) is 11.3 Å². The molecule has 0 fully saturated rings. The van der Waals surface area contributed by atoms with Gasteiger partial charge in [-0.15, -0.1) is 0 Å². The Labute approximate surface area is 95.2 Å². The van der Waals surface area contributed by atoms with Crippen LogP contribution < -0.4 is 5.32 Å². The highest BCUT2D eigenvalue weighted by Gasteiger charge is 2.15. The Morgan fingerprint density at radius 2 is 2.19 bits per heavy atom. The van der Waals surface area contributed by atoms with E-state index in [9.17, 15) is 4.79 Å². The van der Waals surface area contributed by atoms with Crippen molar-refractivity contribution >= 4 is 6.09 Å². The van der Waals surface area contributed by atoms with Crippen LogP contribution >= 0.6 is 0 Å². The number of amides is 1. The van der Waals surface area contributed by atoms with Crippen LogP contribution in [0, 0.1) is 6.92 Å². The second-order valence-electron chi connectivity index (χ2n) is 4.56. The quantitative estimate of drug-likeness (QED) is 0.830. The third-order valence-electron chi connectivity index (χ3n) is 1.67. The Hall–Kier alpha value is -1.65. The molecule has 88 valence electrons. The van der Waals surface area contributed by atoms with Gasteiger partial charge in [-0.25, -0.2) is 4.79 Å². The molecule has 0 saturated carbocycles. The van der Waals surface area contributed by atoms with Gasteiger partial charge in [-0.1, -0.05) is 0 Å². The average molecular weight is 223 g/mol. The monoisotopic (exact) mass is 223 g/mol. The highest BCUT2D eigenvalue weighted by Crippen LogP contribution is 2.06. The van der Waals surface area contributed by atoms with E-state index >= 15 is 0 Å². The van der Waals surface area contributed by atoms with E-state index < -0.39 is 11.7 Å². The van der Waals surface area contributed by atoms with Gasteiger partial charge in [0.25, 0.3) is 0 Å². The molecule has 0 aliphatic carbocycles. The van der Waals surface area contributed by atoms with Crippen LogP contribution in [0.2, 0.25) is 0 Å². The third kappa shape index (κ3) is 4.72. The predicted octanol–water partition coefficient (Wildman–Crippen LogP) is 1.81. The fourth-order valence-electron chi connectivity index (χ4n) is 1.11. The van der Waals surface area contributed by atoms with E-state index in [0.29, 0.717) is 6.54 Å². The van der Waals surface area contributed by atoms with Gasteiger partial charge in [0.1, 0.15) is 5.60 Å². The number of alkyl carbamates (subject to hydrolysis) is 1. The molecule has 16 heavy (non-hydrogen) atoms. The second kappa shape index (κ2) is 4.92. The van der Waals surface area contributed by atoms with E-state index in [2.05, 4.69) is 15.5 Å². The molecule has 0 radical (unpaired) electrons. The minimum Gasteiger partial charge on any atom is -0.444 e. The standard InChI is InChI=1S/C11H17N3O2/c1-8-5-9(7-13-14-8)6-12-10(15)16-11(2,3)4/h5,7H,6H2,1-4H3,(H,12,15). The maximum absolute atomic E-state index is 11.3. The van der Waals surface area contributed by atoms with Crippen LogP contribution in [0.3, 0.4) is 0 Å². The van der Waals surface area contributed by atoms with Gasteiger partial charge in [-0.2, -0.15) is 10.2 Å². The zero-order valence-electron chi connectivity index (χ0n) is 10.1. The summed E-state index contributed by atoms with van der Waals surface area (Å²) in [6.07, 6.45) is 1.19. The van der Waals surface area contributed by atoms with E-state index in [1.54, 1.807) is 6.20 Å². The minimum atomic E-state index is -0.476. The summed E-state index contributed by atoms with van der Waals surface area (Å²) in [4.78, 5) is 11.3. The molecule has 1 rings (SSSR count). The number of carbonyl (C=O) groups excluding carboxylic acids is 1. The van der Waals surface area contributed by atoms with Crippen LogP contribution in [0.4, 0.5) is 4.79 Å².